The molecule has 9 nitrogen and oxygen atoms in total. The minimum Gasteiger partial charge on any atom is -0.436 e. The number of nitrogen functional groups attached to an aromatic ring is 1. The van der Waals surface area contributed by atoms with Crippen molar-refractivity contribution in [2.75, 3.05) is 5.73 Å². The molecule has 0 spiro atoms. The molecule has 0 aliphatic carbocycles. The van der Waals surface area contributed by atoms with Crippen molar-refractivity contribution in [1.82, 2.24) is 4.98 Å². The first-order chi connectivity index (χ1) is 11.5. The Morgan fingerprint density at radius 3 is 2.32 bits per heavy atom. The molecule has 2 aromatic carbocycles. The number of fused-ring (bicyclic) bond motifs is 1. The lowest BCUT2D eigenvalue weighted by molar-refractivity contribution is 0.481. The van der Waals surface area contributed by atoms with Crippen LogP contribution >= 0.6 is 0 Å². The van der Waals surface area contributed by atoms with Crippen molar-refractivity contribution in [2.24, 2.45) is 0 Å². The third kappa shape index (κ3) is 3.09. The molecule has 25 heavy (non-hydrogen) atoms. The maximum absolute atomic E-state index is 11.6. The van der Waals surface area contributed by atoms with Crippen molar-refractivity contribution < 1.29 is 30.4 Å². The third-order valence-corrected chi connectivity index (χ3v) is 5.45. The molecule has 0 aliphatic heterocycles. The van der Waals surface area contributed by atoms with E-state index in [1.807, 2.05) is 0 Å². The van der Waals surface area contributed by atoms with E-state index in [9.17, 15) is 25.9 Å². The van der Waals surface area contributed by atoms with E-state index in [2.05, 4.69) is 4.98 Å². The zero-order valence-corrected chi connectivity index (χ0v) is 14.3. The first kappa shape index (κ1) is 17.4. The van der Waals surface area contributed by atoms with Gasteiger partial charge in [-0.1, -0.05) is 6.07 Å². The number of hydrogen-bond donors (Lipinski definition) is 3. The first-order valence-corrected chi connectivity index (χ1v) is 9.61. The van der Waals surface area contributed by atoms with Gasteiger partial charge < -0.3 is 10.2 Å². The highest BCUT2D eigenvalue weighted by Gasteiger charge is 2.23. The fraction of sp³-hybridized carbons (Fsp3) is 0.0714. The number of anilines is 1. The number of rotatable bonds is 3. The molecule has 0 radical (unpaired) electrons. The normalized spacial score (nSPS) is 12.6. The molecule has 1 heterocycles. The number of aryl methyl sites for hydroxylation is 1. The van der Waals surface area contributed by atoms with Gasteiger partial charge in [0.1, 0.15) is 15.3 Å². The van der Waals surface area contributed by atoms with E-state index in [-0.39, 0.29) is 33.8 Å². The first-order valence-electron chi connectivity index (χ1n) is 6.73. The smallest absolute Gasteiger partial charge is 0.297 e. The van der Waals surface area contributed by atoms with Crippen molar-refractivity contribution in [2.45, 2.75) is 16.7 Å². The minimum atomic E-state index is -4.56. The molecule has 0 unspecified atom stereocenters. The fourth-order valence-corrected chi connectivity index (χ4v) is 3.92. The summed E-state index contributed by atoms with van der Waals surface area (Å²) in [5.74, 6) is -0.101. The van der Waals surface area contributed by atoms with Gasteiger partial charge in [-0.15, -0.1) is 0 Å². The summed E-state index contributed by atoms with van der Waals surface area (Å²) in [5, 5.41) is 0. The molecule has 3 aromatic rings. The van der Waals surface area contributed by atoms with Gasteiger partial charge in [-0.05, 0) is 36.8 Å². The molecule has 11 heteroatoms. The van der Waals surface area contributed by atoms with E-state index in [1.165, 1.54) is 31.2 Å². The second-order valence-corrected chi connectivity index (χ2v) is 8.03. The van der Waals surface area contributed by atoms with Gasteiger partial charge >= 0.3 is 0 Å². The molecule has 0 fully saturated rings. The quantitative estimate of drug-likeness (QED) is 0.452. The molecule has 132 valence electrons. The summed E-state index contributed by atoms with van der Waals surface area (Å²) in [6.07, 6.45) is 0. The van der Waals surface area contributed by atoms with Crippen LogP contribution < -0.4 is 5.73 Å². The Kier molecular flexibility index (Phi) is 3.84. The summed E-state index contributed by atoms with van der Waals surface area (Å²) >= 11 is 0. The molecular weight excluding hydrogens is 372 g/mol. The van der Waals surface area contributed by atoms with Crippen LogP contribution in [-0.4, -0.2) is 30.9 Å². The Bertz CT molecular complexity index is 1210. The van der Waals surface area contributed by atoms with Gasteiger partial charge in [-0.2, -0.15) is 16.8 Å². The second kappa shape index (κ2) is 5.52. The molecule has 0 atom stereocenters. The van der Waals surface area contributed by atoms with E-state index in [0.717, 1.165) is 6.07 Å². The van der Waals surface area contributed by atoms with Crippen LogP contribution in [-0.2, 0) is 20.2 Å². The maximum Gasteiger partial charge on any atom is 0.297 e. The minimum absolute atomic E-state index is 0.0819. The lowest BCUT2D eigenvalue weighted by atomic mass is 10.2. The highest BCUT2D eigenvalue weighted by molar-refractivity contribution is 7.86. The summed E-state index contributed by atoms with van der Waals surface area (Å²) in [6.45, 7) is 1.48. The van der Waals surface area contributed by atoms with Gasteiger partial charge in [0, 0.05) is 5.56 Å². The van der Waals surface area contributed by atoms with Crippen LogP contribution in [0, 0.1) is 6.92 Å². The molecule has 0 saturated carbocycles. The lowest BCUT2D eigenvalue weighted by Crippen LogP contribution is -2.03. The highest BCUT2D eigenvalue weighted by atomic mass is 32.2. The molecule has 0 bridgehead atoms. The van der Waals surface area contributed by atoms with Crippen LogP contribution in [0.25, 0.3) is 22.6 Å². The molecule has 0 aliphatic rings. The van der Waals surface area contributed by atoms with E-state index < -0.39 is 30.0 Å². The number of benzene rings is 2. The monoisotopic (exact) mass is 384 g/mol. The van der Waals surface area contributed by atoms with E-state index in [4.69, 9.17) is 10.2 Å². The standard InChI is InChI=1S/C14H12N2O7S2/c1-7-2-5-10-12(13(7)25(20,21)22)16-14(23-10)8-3-4-9(15)11(6-8)24(17,18)19/h2-6H,15H2,1H3,(H,17,18,19)(H,20,21,22). The SMILES string of the molecule is Cc1ccc2oc(-c3ccc(N)c(S(=O)(=O)O)c3)nc2c1S(=O)(=O)O. The van der Waals surface area contributed by atoms with Gasteiger partial charge in [-0.25, -0.2) is 4.98 Å². The predicted octanol–water partition coefficient (Wildman–Crippen LogP) is 1.88. The van der Waals surface area contributed by atoms with Gasteiger partial charge in [0.15, 0.2) is 5.58 Å². The van der Waals surface area contributed by atoms with Crippen molar-refractivity contribution in [3.63, 3.8) is 0 Å². The van der Waals surface area contributed by atoms with Crippen LogP contribution in [0.3, 0.4) is 0 Å². The van der Waals surface area contributed by atoms with E-state index in [1.54, 1.807) is 0 Å². The molecular formula is C14H12N2O7S2. The largest absolute Gasteiger partial charge is 0.436 e. The number of nitrogens with two attached hydrogens (primary N) is 1. The van der Waals surface area contributed by atoms with Crippen molar-refractivity contribution in [1.29, 1.82) is 0 Å². The van der Waals surface area contributed by atoms with Crippen LogP contribution in [0.2, 0.25) is 0 Å². The number of oxazole rings is 1. The Morgan fingerprint density at radius 1 is 1.04 bits per heavy atom. The maximum atomic E-state index is 11.6. The molecule has 0 saturated heterocycles. The van der Waals surface area contributed by atoms with Crippen LogP contribution in [0.5, 0.6) is 0 Å². The molecule has 1 aromatic heterocycles. The van der Waals surface area contributed by atoms with Crippen LogP contribution in [0.1, 0.15) is 5.56 Å². The summed E-state index contributed by atoms with van der Waals surface area (Å²) in [4.78, 5) is 3.11. The Labute approximate surface area is 142 Å². The predicted molar refractivity (Wildman–Crippen MR) is 88.2 cm³/mol. The Hall–Kier alpha value is -2.47. The van der Waals surface area contributed by atoms with E-state index >= 15 is 0 Å². The number of aromatic nitrogens is 1. The topological polar surface area (TPSA) is 161 Å². The van der Waals surface area contributed by atoms with Gasteiger partial charge in [0.05, 0.1) is 5.69 Å². The van der Waals surface area contributed by atoms with Crippen molar-refractivity contribution >= 4 is 37.0 Å². The third-order valence-electron chi connectivity index (χ3n) is 3.51. The Balaban J connectivity index is 2.29. The summed E-state index contributed by atoms with van der Waals surface area (Å²) in [6, 6.07) is 6.59. The van der Waals surface area contributed by atoms with Crippen LogP contribution in [0.4, 0.5) is 5.69 Å². The zero-order chi connectivity index (χ0) is 18.6. The average Bonchev–Trinajstić information content (AvgIpc) is 2.88. The van der Waals surface area contributed by atoms with Gasteiger partial charge in [-0.3, -0.25) is 9.11 Å². The van der Waals surface area contributed by atoms with E-state index in [0.29, 0.717) is 0 Å². The lowest BCUT2D eigenvalue weighted by Gasteiger charge is -2.03. The van der Waals surface area contributed by atoms with Gasteiger partial charge in [0.2, 0.25) is 5.89 Å². The fourth-order valence-electron chi connectivity index (χ4n) is 2.41. The second-order valence-electron chi connectivity index (χ2n) is 5.28. The number of hydrogen-bond acceptors (Lipinski definition) is 7. The zero-order valence-electron chi connectivity index (χ0n) is 12.7. The number of nitrogens with zero attached hydrogens (tertiary/aromatic N) is 1. The average molecular weight is 384 g/mol. The summed E-state index contributed by atoms with van der Waals surface area (Å²) < 4.78 is 69.9. The molecule has 3 rings (SSSR count). The molecule has 0 amide bonds. The summed E-state index contributed by atoms with van der Waals surface area (Å²) in [7, 11) is -9.11. The summed E-state index contributed by atoms with van der Waals surface area (Å²) in [5.41, 5.74) is 5.76. The Morgan fingerprint density at radius 2 is 1.72 bits per heavy atom. The van der Waals surface area contributed by atoms with Crippen LogP contribution in [0.15, 0.2) is 44.5 Å². The highest BCUT2D eigenvalue weighted by Crippen LogP contribution is 2.32. The molecule has 4 N–H and O–H groups in total. The van der Waals surface area contributed by atoms with Crippen molar-refractivity contribution in [3.05, 3.63) is 35.9 Å². The van der Waals surface area contributed by atoms with Gasteiger partial charge in [0.25, 0.3) is 20.2 Å². The van der Waals surface area contributed by atoms with Crippen molar-refractivity contribution in [3.8, 4) is 11.5 Å².